The van der Waals surface area contributed by atoms with E-state index < -0.39 is 0 Å². The van der Waals surface area contributed by atoms with Crippen molar-refractivity contribution in [3.05, 3.63) is 66.3 Å². The third kappa shape index (κ3) is 3.12. The van der Waals surface area contributed by atoms with Gasteiger partial charge < -0.3 is 14.3 Å². The van der Waals surface area contributed by atoms with Gasteiger partial charge in [0.05, 0.1) is 29.9 Å². The molecule has 0 spiro atoms. The highest BCUT2D eigenvalue weighted by Gasteiger charge is 2.16. The number of hydrogen-bond acceptors (Lipinski definition) is 6. The number of furan rings is 1. The molecule has 0 aromatic carbocycles. The Kier molecular flexibility index (Phi) is 4.06. The summed E-state index contributed by atoms with van der Waals surface area (Å²) in [6, 6.07) is 12.6. The molecule has 1 amide bonds. The van der Waals surface area contributed by atoms with E-state index in [0.29, 0.717) is 11.5 Å². The number of hydrogen-bond donors (Lipinski definition) is 1. The van der Waals surface area contributed by atoms with Gasteiger partial charge in [0.25, 0.3) is 5.91 Å². The maximum atomic E-state index is 12.3. The van der Waals surface area contributed by atoms with E-state index in [2.05, 4.69) is 20.6 Å². The van der Waals surface area contributed by atoms with Crippen LogP contribution in [-0.4, -0.2) is 25.8 Å². The molecule has 8 nitrogen and oxygen atoms in total. The Labute approximate surface area is 148 Å². The molecule has 0 saturated heterocycles. The van der Waals surface area contributed by atoms with E-state index in [4.69, 9.17) is 8.94 Å². The van der Waals surface area contributed by atoms with Gasteiger partial charge in [-0.15, -0.1) is 0 Å². The first-order valence-electron chi connectivity index (χ1n) is 7.94. The van der Waals surface area contributed by atoms with Crippen LogP contribution in [0.5, 0.6) is 0 Å². The fraction of sp³-hybridized carbons (Fsp3) is 0.111. The van der Waals surface area contributed by atoms with Gasteiger partial charge in [-0.25, -0.2) is 0 Å². The van der Waals surface area contributed by atoms with Crippen LogP contribution in [-0.2, 0) is 13.6 Å². The number of aromatic nitrogens is 4. The average molecular weight is 349 g/mol. The van der Waals surface area contributed by atoms with Crippen LogP contribution in [0.3, 0.4) is 0 Å². The number of nitrogens with one attached hydrogen (secondary N) is 1. The van der Waals surface area contributed by atoms with Crippen LogP contribution in [0.2, 0.25) is 0 Å². The number of nitrogens with zero attached hydrogens (tertiary/aromatic N) is 4. The lowest BCUT2D eigenvalue weighted by Crippen LogP contribution is -2.23. The van der Waals surface area contributed by atoms with E-state index in [1.54, 1.807) is 23.0 Å². The molecule has 0 aliphatic heterocycles. The summed E-state index contributed by atoms with van der Waals surface area (Å²) in [6.07, 6.45) is 3.25. The maximum Gasteiger partial charge on any atom is 0.273 e. The SMILES string of the molecule is Cn1nc(CNC(=O)c2cc(-c3ccco3)on2)cc1-c1ccccn1. The van der Waals surface area contributed by atoms with Crippen molar-refractivity contribution < 1.29 is 13.7 Å². The van der Waals surface area contributed by atoms with E-state index in [-0.39, 0.29) is 18.1 Å². The van der Waals surface area contributed by atoms with Crippen molar-refractivity contribution >= 4 is 5.91 Å². The zero-order valence-corrected chi connectivity index (χ0v) is 13.9. The van der Waals surface area contributed by atoms with E-state index in [1.165, 1.54) is 12.3 Å². The van der Waals surface area contributed by atoms with Crippen LogP contribution in [0.25, 0.3) is 22.9 Å². The molecule has 0 atom stereocenters. The minimum atomic E-state index is -0.350. The van der Waals surface area contributed by atoms with E-state index in [9.17, 15) is 4.79 Å². The van der Waals surface area contributed by atoms with Gasteiger partial charge in [-0.1, -0.05) is 11.2 Å². The Morgan fingerprint density at radius 1 is 1.19 bits per heavy atom. The quantitative estimate of drug-likeness (QED) is 0.595. The van der Waals surface area contributed by atoms with Crippen molar-refractivity contribution in [3.63, 3.8) is 0 Å². The number of aryl methyl sites for hydroxylation is 1. The Bertz CT molecular complexity index is 1020. The highest BCUT2D eigenvalue weighted by molar-refractivity contribution is 5.92. The summed E-state index contributed by atoms with van der Waals surface area (Å²) in [6.45, 7) is 0.266. The van der Waals surface area contributed by atoms with Crippen molar-refractivity contribution in [1.82, 2.24) is 25.2 Å². The lowest BCUT2D eigenvalue weighted by molar-refractivity contribution is 0.0941. The fourth-order valence-corrected chi connectivity index (χ4v) is 2.55. The second-order valence-electron chi connectivity index (χ2n) is 5.60. The predicted molar refractivity (Wildman–Crippen MR) is 91.8 cm³/mol. The molecule has 0 radical (unpaired) electrons. The lowest BCUT2D eigenvalue weighted by Gasteiger charge is -1.98. The molecule has 26 heavy (non-hydrogen) atoms. The van der Waals surface area contributed by atoms with Gasteiger partial charge in [0.15, 0.2) is 11.5 Å². The Balaban J connectivity index is 1.44. The summed E-state index contributed by atoms with van der Waals surface area (Å²) in [5.41, 5.74) is 2.59. The van der Waals surface area contributed by atoms with Crippen LogP contribution >= 0.6 is 0 Å². The normalized spacial score (nSPS) is 10.8. The molecule has 1 N–H and O–H groups in total. The van der Waals surface area contributed by atoms with E-state index in [1.807, 2.05) is 31.3 Å². The molecule has 0 fully saturated rings. The molecule has 0 unspecified atom stereocenters. The molecule has 4 aromatic rings. The molecule has 0 aliphatic rings. The summed E-state index contributed by atoms with van der Waals surface area (Å²) >= 11 is 0. The number of amides is 1. The maximum absolute atomic E-state index is 12.3. The molecule has 0 bridgehead atoms. The fourth-order valence-electron chi connectivity index (χ4n) is 2.55. The molecular formula is C18H15N5O3. The van der Waals surface area contributed by atoms with E-state index in [0.717, 1.165) is 17.1 Å². The number of rotatable bonds is 5. The van der Waals surface area contributed by atoms with Gasteiger partial charge in [0.1, 0.15) is 0 Å². The summed E-state index contributed by atoms with van der Waals surface area (Å²) in [5.74, 6) is 0.563. The Morgan fingerprint density at radius 2 is 2.12 bits per heavy atom. The third-order valence-electron chi connectivity index (χ3n) is 3.79. The van der Waals surface area contributed by atoms with Crippen LogP contribution in [0.15, 0.2) is 63.9 Å². The second kappa shape index (κ2) is 6.67. The summed E-state index contributed by atoms with van der Waals surface area (Å²) in [7, 11) is 1.84. The highest BCUT2D eigenvalue weighted by Crippen LogP contribution is 2.20. The van der Waals surface area contributed by atoms with Crippen molar-refractivity contribution in [2.75, 3.05) is 0 Å². The van der Waals surface area contributed by atoms with Crippen molar-refractivity contribution in [2.24, 2.45) is 7.05 Å². The number of pyridine rings is 1. The van der Waals surface area contributed by atoms with Gasteiger partial charge in [-0.2, -0.15) is 5.10 Å². The van der Waals surface area contributed by atoms with Crippen LogP contribution in [0, 0.1) is 0 Å². The van der Waals surface area contributed by atoms with Crippen LogP contribution in [0.1, 0.15) is 16.2 Å². The first kappa shape index (κ1) is 15.8. The van der Waals surface area contributed by atoms with Crippen molar-refractivity contribution in [3.8, 4) is 22.9 Å². The smallest absolute Gasteiger partial charge is 0.273 e. The summed E-state index contributed by atoms with van der Waals surface area (Å²) < 4.78 is 12.1. The predicted octanol–water partition coefficient (Wildman–Crippen LogP) is 2.66. The Hall–Kier alpha value is -3.68. The largest absolute Gasteiger partial charge is 0.461 e. The molecule has 4 rings (SSSR count). The molecule has 0 aliphatic carbocycles. The lowest BCUT2D eigenvalue weighted by atomic mass is 10.2. The molecule has 4 aromatic heterocycles. The third-order valence-corrected chi connectivity index (χ3v) is 3.79. The van der Waals surface area contributed by atoms with Gasteiger partial charge in [-0.3, -0.25) is 14.5 Å². The van der Waals surface area contributed by atoms with E-state index >= 15 is 0 Å². The standard InChI is InChI=1S/C18H15N5O3/c1-23-15(13-5-2-3-7-19-13)9-12(21-23)11-20-18(24)14-10-17(26-22-14)16-6-4-8-25-16/h2-10H,11H2,1H3,(H,20,24). The van der Waals surface area contributed by atoms with Crippen molar-refractivity contribution in [2.45, 2.75) is 6.54 Å². The number of carbonyl (C=O) groups is 1. The Morgan fingerprint density at radius 3 is 2.88 bits per heavy atom. The molecule has 8 heteroatoms. The zero-order chi connectivity index (χ0) is 17.9. The van der Waals surface area contributed by atoms with Crippen LogP contribution < -0.4 is 5.32 Å². The molecule has 130 valence electrons. The van der Waals surface area contributed by atoms with Gasteiger partial charge in [-0.05, 0) is 30.3 Å². The second-order valence-corrected chi connectivity index (χ2v) is 5.60. The minimum absolute atomic E-state index is 0.178. The molecule has 4 heterocycles. The van der Waals surface area contributed by atoms with Crippen LogP contribution in [0.4, 0.5) is 0 Å². The highest BCUT2D eigenvalue weighted by atomic mass is 16.5. The first-order chi connectivity index (χ1) is 12.7. The number of carbonyl (C=O) groups excluding carboxylic acids is 1. The minimum Gasteiger partial charge on any atom is -0.461 e. The topological polar surface area (TPSA) is 99.0 Å². The molecule has 0 saturated carbocycles. The van der Waals surface area contributed by atoms with Gasteiger partial charge in [0.2, 0.25) is 5.76 Å². The monoisotopic (exact) mass is 349 g/mol. The van der Waals surface area contributed by atoms with Gasteiger partial charge in [0, 0.05) is 19.3 Å². The molecular weight excluding hydrogens is 334 g/mol. The first-order valence-corrected chi connectivity index (χ1v) is 7.94. The summed E-state index contributed by atoms with van der Waals surface area (Å²) in [5, 5.41) is 11.0. The average Bonchev–Trinajstić information content (AvgIpc) is 3.40. The summed E-state index contributed by atoms with van der Waals surface area (Å²) in [4.78, 5) is 16.6. The van der Waals surface area contributed by atoms with Gasteiger partial charge >= 0.3 is 0 Å². The van der Waals surface area contributed by atoms with Crippen molar-refractivity contribution in [1.29, 1.82) is 0 Å². The zero-order valence-electron chi connectivity index (χ0n) is 13.9.